The van der Waals surface area contributed by atoms with Crippen molar-refractivity contribution in [1.29, 1.82) is 0 Å². The summed E-state index contributed by atoms with van der Waals surface area (Å²) in [5.41, 5.74) is 8.35. The van der Waals surface area contributed by atoms with Crippen molar-refractivity contribution >= 4 is 32.3 Å². The molecule has 0 amide bonds. The van der Waals surface area contributed by atoms with Gasteiger partial charge in [0.25, 0.3) is 0 Å². The van der Waals surface area contributed by atoms with Crippen molar-refractivity contribution in [2.24, 2.45) is 0 Å². The smallest absolute Gasteiger partial charge is 0.227 e. The topological polar surface area (TPSA) is 73.1 Å². The first-order valence-corrected chi connectivity index (χ1v) is 15.2. The lowest BCUT2D eigenvalue weighted by Crippen LogP contribution is -2.11. The molecule has 1 unspecified atom stereocenters. The fraction of sp³-hybridized carbons (Fsp3) is 0.0250. The predicted octanol–water partition coefficient (Wildman–Crippen LogP) is 9.68. The van der Waals surface area contributed by atoms with Gasteiger partial charge >= 0.3 is 0 Å². The van der Waals surface area contributed by atoms with Gasteiger partial charge in [-0.1, -0.05) is 78.9 Å². The molecule has 218 valence electrons. The van der Waals surface area contributed by atoms with Gasteiger partial charge in [-0.05, 0) is 72.8 Å². The van der Waals surface area contributed by atoms with Gasteiger partial charge in [0.05, 0.1) is 11.8 Å². The number of hydrogen-bond donors (Lipinski definition) is 1. The van der Waals surface area contributed by atoms with E-state index < -0.39 is 0 Å². The van der Waals surface area contributed by atoms with E-state index >= 15 is 0 Å². The van der Waals surface area contributed by atoms with E-state index in [1.807, 2.05) is 24.8 Å². The van der Waals surface area contributed by atoms with Crippen LogP contribution < -0.4 is 5.32 Å². The number of pyridine rings is 2. The Morgan fingerprint density at radius 3 is 2.11 bits per heavy atom. The van der Waals surface area contributed by atoms with Gasteiger partial charge in [-0.15, -0.1) is 0 Å². The van der Waals surface area contributed by atoms with Crippen molar-refractivity contribution in [3.63, 3.8) is 0 Å². The van der Waals surface area contributed by atoms with Crippen molar-refractivity contribution in [2.75, 3.05) is 0 Å². The molecule has 5 aromatic carbocycles. The van der Waals surface area contributed by atoms with Crippen LogP contribution in [0, 0.1) is 0 Å². The van der Waals surface area contributed by atoms with Crippen molar-refractivity contribution in [2.45, 2.75) is 6.23 Å². The summed E-state index contributed by atoms with van der Waals surface area (Å²) in [5, 5.41) is 10.2. The normalized spacial score (nSPS) is 14.1. The summed E-state index contributed by atoms with van der Waals surface area (Å²) in [6.45, 7) is 0. The standard InChI is InChI=1S/C40H26N4O2/c1-2-8-31-25(6-1)7-5-11-32(31)26-12-13-35-36(20-26)38(28-19-30(24-42-22-28)40-44-15-17-46-40)34-10-4-3-9-33(34)37(35)27-18-29(23-41-21-27)39-43-14-16-45-39/h1-24,40,44H. The number of hydrogen-bond acceptors (Lipinski definition) is 6. The second-order valence-corrected chi connectivity index (χ2v) is 11.4. The van der Waals surface area contributed by atoms with Gasteiger partial charge in [0.1, 0.15) is 12.5 Å². The van der Waals surface area contributed by atoms with Gasteiger partial charge in [0.15, 0.2) is 6.23 Å². The monoisotopic (exact) mass is 594 g/mol. The first-order chi connectivity index (χ1) is 22.8. The zero-order valence-electron chi connectivity index (χ0n) is 24.6. The summed E-state index contributed by atoms with van der Waals surface area (Å²) < 4.78 is 11.4. The molecule has 8 aromatic rings. The van der Waals surface area contributed by atoms with Gasteiger partial charge in [0, 0.05) is 47.7 Å². The van der Waals surface area contributed by atoms with Crippen LogP contribution in [0.15, 0.2) is 151 Å². The van der Waals surface area contributed by atoms with Crippen molar-refractivity contribution in [3.05, 3.63) is 152 Å². The third-order valence-electron chi connectivity index (χ3n) is 8.71. The number of ether oxygens (including phenoxy) is 1. The van der Waals surface area contributed by atoms with E-state index in [2.05, 4.69) is 117 Å². The fourth-order valence-electron chi connectivity index (χ4n) is 6.70. The number of nitrogens with one attached hydrogen (secondary N) is 1. The van der Waals surface area contributed by atoms with Crippen LogP contribution in [0.5, 0.6) is 0 Å². The molecule has 0 saturated carbocycles. The molecule has 1 aliphatic heterocycles. The molecule has 0 radical (unpaired) electrons. The number of nitrogens with zero attached hydrogens (tertiary/aromatic N) is 3. The molecule has 0 fully saturated rings. The average Bonchev–Trinajstić information content (AvgIpc) is 3.86. The minimum absolute atomic E-state index is 0.278. The molecule has 9 rings (SSSR count). The van der Waals surface area contributed by atoms with Crippen molar-refractivity contribution < 1.29 is 9.15 Å². The van der Waals surface area contributed by atoms with Crippen LogP contribution in [0.2, 0.25) is 0 Å². The highest BCUT2D eigenvalue weighted by Crippen LogP contribution is 2.45. The SMILES string of the molecule is C1=COC(c2cncc(-c3c4ccccc4c(-c4cncc(-c5ncco5)c4)c4ccc(-c5cccc6ccccc56)cc34)c2)N1. The quantitative estimate of drug-likeness (QED) is 0.200. The Morgan fingerprint density at radius 2 is 1.30 bits per heavy atom. The van der Waals surface area contributed by atoms with Crippen molar-refractivity contribution in [3.8, 4) is 44.8 Å². The molecule has 0 saturated heterocycles. The Labute approximate surface area is 264 Å². The summed E-state index contributed by atoms with van der Waals surface area (Å²) in [6, 6.07) is 34.7. The molecule has 1 N–H and O–H groups in total. The molecule has 1 atom stereocenters. The Hall–Kier alpha value is -6.27. The highest BCUT2D eigenvalue weighted by Gasteiger charge is 2.21. The maximum absolute atomic E-state index is 5.79. The Bertz CT molecular complexity index is 2440. The lowest BCUT2D eigenvalue weighted by Gasteiger charge is -2.20. The second kappa shape index (κ2) is 10.7. The molecule has 0 spiro atoms. The van der Waals surface area contributed by atoms with Gasteiger partial charge in [-0.2, -0.15) is 0 Å². The van der Waals surface area contributed by atoms with Gasteiger partial charge in [0.2, 0.25) is 5.89 Å². The third-order valence-corrected chi connectivity index (χ3v) is 8.71. The van der Waals surface area contributed by atoms with Gasteiger partial charge < -0.3 is 14.5 Å². The summed E-state index contributed by atoms with van der Waals surface area (Å²) >= 11 is 0. The summed E-state index contributed by atoms with van der Waals surface area (Å²) in [5.74, 6) is 0.540. The molecule has 3 aromatic heterocycles. The molecule has 46 heavy (non-hydrogen) atoms. The van der Waals surface area contributed by atoms with E-state index in [9.17, 15) is 0 Å². The van der Waals surface area contributed by atoms with E-state index in [1.54, 1.807) is 24.9 Å². The zero-order chi connectivity index (χ0) is 30.5. The summed E-state index contributed by atoms with van der Waals surface area (Å²) in [7, 11) is 0. The van der Waals surface area contributed by atoms with Crippen LogP contribution in [-0.4, -0.2) is 15.0 Å². The van der Waals surface area contributed by atoms with Gasteiger partial charge in [-0.3, -0.25) is 9.97 Å². The highest BCUT2D eigenvalue weighted by molar-refractivity contribution is 6.22. The van der Waals surface area contributed by atoms with Crippen LogP contribution in [0.25, 0.3) is 77.2 Å². The van der Waals surface area contributed by atoms with E-state index in [-0.39, 0.29) is 6.23 Å². The Morgan fingerprint density at radius 1 is 0.587 bits per heavy atom. The van der Waals surface area contributed by atoms with E-state index in [0.717, 1.165) is 60.5 Å². The van der Waals surface area contributed by atoms with E-state index in [4.69, 9.17) is 9.15 Å². The summed E-state index contributed by atoms with van der Waals surface area (Å²) in [4.78, 5) is 13.7. The Kier molecular flexibility index (Phi) is 6.09. The largest absolute Gasteiger partial charge is 0.473 e. The first-order valence-electron chi connectivity index (χ1n) is 15.2. The molecule has 6 nitrogen and oxygen atoms in total. The van der Waals surface area contributed by atoms with Crippen LogP contribution in [-0.2, 0) is 4.74 Å². The highest BCUT2D eigenvalue weighted by atomic mass is 16.5. The third kappa shape index (κ3) is 4.31. The fourth-order valence-corrected chi connectivity index (χ4v) is 6.70. The lowest BCUT2D eigenvalue weighted by atomic mass is 9.84. The second-order valence-electron chi connectivity index (χ2n) is 11.4. The van der Waals surface area contributed by atoms with Crippen LogP contribution in [0.3, 0.4) is 0 Å². The molecule has 6 heteroatoms. The molecule has 4 heterocycles. The molecule has 0 bridgehead atoms. The molecular weight excluding hydrogens is 568 g/mol. The van der Waals surface area contributed by atoms with E-state index in [1.165, 1.54) is 16.3 Å². The molecule has 0 aliphatic carbocycles. The zero-order valence-corrected chi connectivity index (χ0v) is 24.6. The van der Waals surface area contributed by atoms with E-state index in [0.29, 0.717) is 5.89 Å². The number of fused-ring (bicyclic) bond motifs is 3. The van der Waals surface area contributed by atoms with Crippen LogP contribution in [0.1, 0.15) is 11.8 Å². The maximum atomic E-state index is 5.79. The van der Waals surface area contributed by atoms with Crippen LogP contribution in [0.4, 0.5) is 0 Å². The average molecular weight is 595 g/mol. The lowest BCUT2D eigenvalue weighted by molar-refractivity contribution is 0.154. The number of rotatable bonds is 5. The van der Waals surface area contributed by atoms with Gasteiger partial charge in [-0.25, -0.2) is 4.98 Å². The first kappa shape index (κ1) is 26.2. The summed E-state index contributed by atoms with van der Waals surface area (Å²) in [6.07, 6.45) is 14.0. The minimum Gasteiger partial charge on any atom is -0.473 e. The number of aromatic nitrogens is 3. The molecule has 1 aliphatic rings. The maximum Gasteiger partial charge on any atom is 0.227 e. The molecular formula is C40H26N4O2. The minimum atomic E-state index is -0.278. The predicted molar refractivity (Wildman–Crippen MR) is 182 cm³/mol. The van der Waals surface area contributed by atoms with Crippen molar-refractivity contribution in [1.82, 2.24) is 20.3 Å². The Balaban J connectivity index is 1.36. The van der Waals surface area contributed by atoms with Crippen LogP contribution >= 0.6 is 0 Å². The number of benzene rings is 5. The number of oxazole rings is 1.